The molecule has 0 spiro atoms. The van der Waals surface area contributed by atoms with Crippen molar-refractivity contribution in [2.45, 2.75) is 61.8 Å². The van der Waals surface area contributed by atoms with E-state index in [0.29, 0.717) is 0 Å². The van der Waals surface area contributed by atoms with Crippen LogP contribution < -0.4 is 21.3 Å². The Kier molecular flexibility index (Phi) is 11.5. The smallest absolute Gasteiger partial charge is 0.361 e. The molecule has 206 valence electrons. The molecule has 0 unspecified atom stereocenters. The largest absolute Gasteiger partial charge is 2.00 e. The number of rotatable bonds is 6. The predicted octanol–water partition coefficient (Wildman–Crippen LogP) is 4.79. The Hall–Kier alpha value is -2.91. The molecule has 0 fully saturated rings. The van der Waals surface area contributed by atoms with Crippen molar-refractivity contribution < 1.29 is 30.7 Å². The minimum absolute atomic E-state index is 0. The molecule has 0 saturated carbocycles. The molecule has 0 saturated heterocycles. The molecule has 0 aliphatic carbocycles. The number of nitrogens with zero attached hydrogens (tertiary/aromatic N) is 2. The zero-order valence-corrected chi connectivity index (χ0v) is 27.1. The molecule has 4 rings (SSSR count). The molecule has 1 aliphatic rings. The molecular weight excluding hydrogens is 662 g/mol. The summed E-state index contributed by atoms with van der Waals surface area (Å²) in [4.78, 5) is 24.6. The summed E-state index contributed by atoms with van der Waals surface area (Å²) < 4.78 is 0. The topological polar surface area (TPSA) is 40.6 Å². The zero-order valence-electron chi connectivity index (χ0n) is 24.8. The number of carbonyl (C=O) groups is 2. The predicted molar refractivity (Wildman–Crippen MR) is 163 cm³/mol. The number of benzene rings is 3. The molecule has 0 atom stereocenters. The first-order valence-electron chi connectivity index (χ1n) is 13.3. The van der Waals surface area contributed by atoms with Crippen molar-refractivity contribution in [2.75, 3.05) is 18.6 Å². The molecule has 1 heterocycles. The first-order chi connectivity index (χ1) is 17.9. The van der Waals surface area contributed by atoms with Gasteiger partial charge in [-0.25, -0.2) is 0 Å². The van der Waals surface area contributed by atoms with E-state index in [-0.39, 0.29) is 45.8 Å². The van der Waals surface area contributed by atoms with Gasteiger partial charge in [-0.2, -0.15) is 0 Å². The molecule has 3 aromatic carbocycles. The van der Waals surface area contributed by atoms with Gasteiger partial charge in [0.1, 0.15) is 11.6 Å². The molecule has 3 aromatic rings. The fraction of sp³-hybridized carbons (Fsp3) is 0.333. The number of aryl methyl sites for hydroxylation is 6. The van der Waals surface area contributed by atoms with Crippen LogP contribution in [0.2, 0.25) is 0 Å². The number of ketones is 2. The molecule has 0 radical (unpaired) electrons. The van der Waals surface area contributed by atoms with Crippen molar-refractivity contribution in [2.24, 2.45) is 0 Å². The van der Waals surface area contributed by atoms with Crippen LogP contribution in [0.5, 0.6) is 0 Å². The van der Waals surface area contributed by atoms with E-state index >= 15 is 0 Å². The van der Waals surface area contributed by atoms with E-state index < -0.39 is 0 Å². The minimum Gasteiger partial charge on any atom is -0.361 e. The Bertz CT molecular complexity index is 1270. The van der Waals surface area contributed by atoms with Crippen molar-refractivity contribution in [1.82, 2.24) is 4.90 Å². The van der Waals surface area contributed by atoms with Crippen LogP contribution in [0.25, 0.3) is 0 Å². The van der Waals surface area contributed by atoms with Crippen molar-refractivity contribution in [3.8, 4) is 0 Å². The summed E-state index contributed by atoms with van der Waals surface area (Å²) >= 11 is 0. The third kappa shape index (κ3) is 8.29. The van der Waals surface area contributed by atoms with Crippen molar-refractivity contribution in [1.29, 1.82) is 0 Å². The molecule has 39 heavy (non-hydrogen) atoms. The monoisotopic (exact) mass is 703 g/mol. The Balaban J connectivity index is 0.000000592. The van der Waals surface area contributed by atoms with Gasteiger partial charge < -0.3 is 9.80 Å². The third-order valence-corrected chi connectivity index (χ3v) is 6.96. The van der Waals surface area contributed by atoms with Crippen molar-refractivity contribution in [3.63, 3.8) is 0 Å². The van der Waals surface area contributed by atoms with Gasteiger partial charge in [-0.05, 0) is 67.5 Å². The Morgan fingerprint density at radius 1 is 0.744 bits per heavy atom. The zero-order chi connectivity index (χ0) is 28.1. The van der Waals surface area contributed by atoms with Crippen LogP contribution in [-0.2, 0) is 30.7 Å². The number of hydrogen-bond acceptors (Lipinski definition) is 4. The number of hydrogen-bond donors (Lipinski definition) is 0. The molecule has 6 heteroatoms. The van der Waals surface area contributed by atoms with Crippen LogP contribution in [0.1, 0.15) is 53.6 Å². The molecule has 0 amide bonds. The number of carbonyl (C=O) groups excluding carboxylic acids is 2. The first-order valence-corrected chi connectivity index (χ1v) is 13.3. The van der Waals surface area contributed by atoms with E-state index in [2.05, 4.69) is 119 Å². The quantitative estimate of drug-likeness (QED) is 0.274. The molecule has 0 aromatic heterocycles. The first kappa shape index (κ1) is 32.3. The number of Topliss-reactive ketones (excluding diaryl/α,β-unsaturated/α-hetero) is 2. The molecular formula is C33H41BN2O2Pt+2. The summed E-state index contributed by atoms with van der Waals surface area (Å²) in [6, 6.07) is 18.4. The van der Waals surface area contributed by atoms with Gasteiger partial charge in [0, 0.05) is 25.1 Å². The van der Waals surface area contributed by atoms with Crippen molar-refractivity contribution >= 4 is 40.4 Å². The maximum atomic E-state index is 10.0. The van der Waals surface area contributed by atoms with Gasteiger partial charge in [0.2, 0.25) is 6.71 Å². The summed E-state index contributed by atoms with van der Waals surface area (Å²) in [5, 5.41) is 0. The van der Waals surface area contributed by atoms with Crippen molar-refractivity contribution in [3.05, 3.63) is 94.3 Å². The average molecular weight is 704 g/mol. The van der Waals surface area contributed by atoms with Gasteiger partial charge in [-0.1, -0.05) is 86.2 Å². The molecule has 0 N–H and O–H groups in total. The molecule has 4 nitrogen and oxygen atoms in total. The fourth-order valence-electron chi connectivity index (χ4n) is 5.70. The second kappa shape index (κ2) is 13.9. The van der Waals surface area contributed by atoms with Gasteiger partial charge in [-0.15, -0.1) is 0 Å². The van der Waals surface area contributed by atoms with E-state index in [1.807, 2.05) is 0 Å². The Morgan fingerprint density at radius 3 is 1.56 bits per heavy atom. The van der Waals surface area contributed by atoms with Gasteiger partial charge in [0.15, 0.2) is 0 Å². The van der Waals surface area contributed by atoms with Crippen LogP contribution in [0.4, 0.5) is 5.69 Å². The molecule has 1 aliphatic heterocycles. The van der Waals surface area contributed by atoms with Gasteiger partial charge >= 0.3 is 21.1 Å². The normalized spacial score (nSPS) is 12.0. The third-order valence-electron chi connectivity index (χ3n) is 6.96. The van der Waals surface area contributed by atoms with Gasteiger partial charge in [0.25, 0.3) is 0 Å². The van der Waals surface area contributed by atoms with E-state index in [9.17, 15) is 9.59 Å². The number of anilines is 1. The van der Waals surface area contributed by atoms with E-state index in [0.717, 1.165) is 6.67 Å². The standard InChI is InChI=1S/C28H33BN2.C5H8O2.Pt/c1-19-13-21(3)27(22(4)14-19)29(28-23(5)15-20(2)16-24(28)6)25-9-8-10-26(17-25)31-12-11-30(7)18-31;1-4(6)3-5(2)7;/h8-17H,18H2,1-7H3;3H2,1-2H3;/q;;+2. The second-order valence-corrected chi connectivity index (χ2v) is 10.9. The summed E-state index contributed by atoms with van der Waals surface area (Å²) in [7, 11) is 2.11. The fourth-order valence-corrected chi connectivity index (χ4v) is 5.70. The Labute approximate surface area is 249 Å². The minimum atomic E-state index is -0.0625. The molecule has 0 bridgehead atoms. The van der Waals surface area contributed by atoms with Crippen LogP contribution in [0.15, 0.2) is 60.9 Å². The summed E-state index contributed by atoms with van der Waals surface area (Å²) in [6.07, 6.45) is 4.38. The Morgan fingerprint density at radius 2 is 1.21 bits per heavy atom. The van der Waals surface area contributed by atoms with E-state index in [1.54, 1.807) is 0 Å². The van der Waals surface area contributed by atoms with E-state index in [4.69, 9.17) is 0 Å². The van der Waals surface area contributed by atoms with Crippen LogP contribution in [0, 0.1) is 41.5 Å². The van der Waals surface area contributed by atoms with Crippen LogP contribution >= 0.6 is 0 Å². The van der Waals surface area contributed by atoms with Crippen LogP contribution in [-0.4, -0.2) is 36.9 Å². The maximum absolute atomic E-state index is 10.0. The second-order valence-electron chi connectivity index (χ2n) is 10.9. The van der Waals surface area contributed by atoms with Gasteiger partial charge in [-0.3, -0.25) is 9.59 Å². The average Bonchev–Trinajstić information content (AvgIpc) is 3.23. The SMILES string of the molecule is CC(=O)CC(C)=O.Cc1cc(C)c(B(c2cccc(N3C=CN(C)C3)c2)c2c(C)cc(C)cc2C)c(C)c1.[Pt+2]. The van der Waals surface area contributed by atoms with E-state index in [1.165, 1.54) is 69.3 Å². The summed E-state index contributed by atoms with van der Waals surface area (Å²) in [5.74, 6) is -0.125. The van der Waals surface area contributed by atoms with Crippen LogP contribution in [0.3, 0.4) is 0 Å². The summed E-state index contributed by atoms with van der Waals surface area (Å²) in [5.41, 5.74) is 13.6. The summed E-state index contributed by atoms with van der Waals surface area (Å²) in [6.45, 7) is 17.4. The maximum Gasteiger partial charge on any atom is 2.00 e. The van der Waals surface area contributed by atoms with Gasteiger partial charge in [0.05, 0.1) is 13.1 Å².